The van der Waals surface area contributed by atoms with Crippen LogP contribution in [0.15, 0.2) is 23.7 Å². The Kier molecular flexibility index (Phi) is 1.96. The Morgan fingerprint density at radius 3 is 3.29 bits per heavy atom. The maximum atomic E-state index is 2.98. The van der Waals surface area contributed by atoms with Crippen LogP contribution in [-0.2, 0) is 0 Å². The molecule has 1 aromatic heterocycles. The summed E-state index contributed by atoms with van der Waals surface area (Å²) in [5, 5.41) is 2.03. The minimum atomic E-state index is 1.61. The van der Waals surface area contributed by atoms with E-state index in [1.54, 1.807) is 20.9 Å². The van der Waals surface area contributed by atoms with Crippen molar-refractivity contribution in [3.63, 3.8) is 0 Å². The van der Waals surface area contributed by atoms with Gasteiger partial charge in [0.1, 0.15) is 0 Å². The Balaban J connectivity index is 3.06. The molecule has 0 fully saturated rings. The van der Waals surface area contributed by atoms with Crippen molar-refractivity contribution in [2.45, 2.75) is 0 Å². The molecule has 0 unspecified atom stereocenters. The van der Waals surface area contributed by atoms with E-state index in [9.17, 15) is 0 Å². The Bertz CT molecular complexity index is 97.7. The normalized spacial score (nSPS) is 8.00. The van der Waals surface area contributed by atoms with Gasteiger partial charge in [-0.3, -0.25) is 0 Å². The highest BCUT2D eigenvalue weighted by atomic mass is 32.9. The Labute approximate surface area is 49.5 Å². The van der Waals surface area contributed by atoms with Gasteiger partial charge in [0, 0.05) is 11.6 Å². The molecule has 0 aliphatic carbocycles. The lowest BCUT2D eigenvalue weighted by atomic mass is 10.7. The van der Waals surface area contributed by atoms with Crippen molar-refractivity contribution in [2.24, 2.45) is 0 Å². The first kappa shape index (κ1) is 4.87. The molecule has 0 aromatic carbocycles. The van der Waals surface area contributed by atoms with E-state index in [0.29, 0.717) is 0 Å². The maximum absolute atomic E-state index is 2.98. The van der Waals surface area contributed by atoms with Gasteiger partial charge in [0.2, 0.25) is 0 Å². The highest BCUT2D eigenvalue weighted by molar-refractivity contribution is 7.65. The summed E-state index contributed by atoms with van der Waals surface area (Å²) < 4.78 is 2.98. The Hall–Kier alpha value is -0.280. The third kappa shape index (κ3) is 1.75. The number of aromatic nitrogens is 1. The molecule has 7 heavy (non-hydrogen) atoms. The zero-order valence-corrected chi connectivity index (χ0v) is 5.26. The number of hydrogen-bond donors (Lipinski definition) is 1. The Morgan fingerprint density at radius 2 is 2.29 bits per heavy atom. The standard InChI is InChI=1S/C4H5NS2/c1-2-4-6-7-5-3-1/h1-5H. The molecule has 0 saturated heterocycles. The van der Waals surface area contributed by atoms with Gasteiger partial charge in [0.05, 0.1) is 0 Å². The molecule has 1 N–H and O–H groups in total. The van der Waals surface area contributed by atoms with Crippen LogP contribution in [0.1, 0.15) is 0 Å². The van der Waals surface area contributed by atoms with Gasteiger partial charge in [-0.2, -0.15) is 0 Å². The van der Waals surface area contributed by atoms with Crippen LogP contribution in [0.4, 0.5) is 0 Å². The maximum Gasteiger partial charge on any atom is 0.0121 e. The average Bonchev–Trinajstić information content (AvgIpc) is 1.90. The van der Waals surface area contributed by atoms with Crippen molar-refractivity contribution in [3.8, 4) is 0 Å². The average molecular weight is 131 g/mol. The van der Waals surface area contributed by atoms with Crippen molar-refractivity contribution in [3.05, 3.63) is 23.7 Å². The summed E-state index contributed by atoms with van der Waals surface area (Å²) in [5.41, 5.74) is 0. The number of rotatable bonds is 0. The molecule has 0 amide bonds. The van der Waals surface area contributed by atoms with Crippen molar-refractivity contribution >= 4 is 20.9 Å². The van der Waals surface area contributed by atoms with Gasteiger partial charge in [0.15, 0.2) is 0 Å². The highest BCUT2D eigenvalue weighted by Crippen LogP contribution is 1.94. The smallest absolute Gasteiger partial charge is 0.0121 e. The quantitative estimate of drug-likeness (QED) is 0.520. The van der Waals surface area contributed by atoms with E-state index in [-0.39, 0.29) is 0 Å². The second kappa shape index (κ2) is 2.82. The van der Waals surface area contributed by atoms with Gasteiger partial charge in [0.25, 0.3) is 0 Å². The van der Waals surface area contributed by atoms with E-state index in [1.807, 2.05) is 23.7 Å². The molecule has 0 radical (unpaired) electrons. The number of hydrogen-bond acceptors (Lipinski definition) is 2. The summed E-state index contributed by atoms with van der Waals surface area (Å²) in [6, 6.07) is 3.96. The second-order valence-corrected chi connectivity index (χ2v) is 2.93. The zero-order valence-electron chi connectivity index (χ0n) is 3.63. The summed E-state index contributed by atoms with van der Waals surface area (Å²) in [4.78, 5) is 0. The minimum absolute atomic E-state index is 1.61. The fourth-order valence-corrected chi connectivity index (χ4v) is 1.35. The number of H-pyrrole nitrogens is 1. The minimum Gasteiger partial charge on any atom is -0.310 e. The monoisotopic (exact) mass is 131 g/mol. The summed E-state index contributed by atoms with van der Waals surface area (Å²) >= 11 is 0. The third-order valence-corrected chi connectivity index (χ3v) is 2.01. The number of nitrogens with one attached hydrogen (secondary N) is 1. The topological polar surface area (TPSA) is 15.8 Å². The highest BCUT2D eigenvalue weighted by Gasteiger charge is 1.58. The van der Waals surface area contributed by atoms with Gasteiger partial charge < -0.3 is 4.37 Å². The largest absolute Gasteiger partial charge is 0.310 e. The SMILES string of the molecule is c1ccss[nH]c1. The molecule has 1 rings (SSSR count). The second-order valence-electron chi connectivity index (χ2n) is 0.985. The first-order chi connectivity index (χ1) is 3.50. The predicted octanol–water partition coefficient (Wildman–Crippen LogP) is 2.26. The van der Waals surface area contributed by atoms with Crippen LogP contribution < -0.4 is 0 Å². The van der Waals surface area contributed by atoms with Gasteiger partial charge in [-0.25, -0.2) is 0 Å². The summed E-state index contributed by atoms with van der Waals surface area (Å²) in [6.07, 6.45) is 1.90. The molecule has 0 spiro atoms. The van der Waals surface area contributed by atoms with Crippen LogP contribution in [0.2, 0.25) is 0 Å². The van der Waals surface area contributed by atoms with Gasteiger partial charge in [-0.15, -0.1) is 0 Å². The van der Waals surface area contributed by atoms with Crippen molar-refractivity contribution in [2.75, 3.05) is 0 Å². The lowest BCUT2D eigenvalue weighted by Crippen LogP contribution is -1.41. The predicted molar refractivity (Wildman–Crippen MR) is 34.2 cm³/mol. The van der Waals surface area contributed by atoms with Crippen molar-refractivity contribution in [1.29, 1.82) is 0 Å². The Morgan fingerprint density at radius 1 is 1.29 bits per heavy atom. The number of aromatic amines is 1. The van der Waals surface area contributed by atoms with E-state index in [4.69, 9.17) is 0 Å². The summed E-state index contributed by atoms with van der Waals surface area (Å²) in [7, 11) is 3.29. The van der Waals surface area contributed by atoms with E-state index >= 15 is 0 Å². The van der Waals surface area contributed by atoms with Crippen molar-refractivity contribution in [1.82, 2.24) is 4.37 Å². The fraction of sp³-hybridized carbons (Fsp3) is 0. The molecular weight excluding hydrogens is 126 g/mol. The first-order valence-corrected chi connectivity index (χ1v) is 4.11. The van der Waals surface area contributed by atoms with Gasteiger partial charge in [-0.05, 0) is 22.7 Å². The molecule has 1 heterocycles. The molecule has 1 aromatic rings. The van der Waals surface area contributed by atoms with Crippen LogP contribution in [0.3, 0.4) is 0 Å². The van der Waals surface area contributed by atoms with Crippen LogP contribution in [-0.4, -0.2) is 4.37 Å². The van der Waals surface area contributed by atoms with Gasteiger partial charge in [-0.1, -0.05) is 10.3 Å². The lowest BCUT2D eigenvalue weighted by Gasteiger charge is -1.58. The van der Waals surface area contributed by atoms with E-state index in [1.165, 1.54) is 0 Å². The first-order valence-electron chi connectivity index (χ1n) is 1.90. The fourth-order valence-electron chi connectivity index (χ4n) is 0.256. The zero-order chi connectivity index (χ0) is 4.95. The molecule has 0 aliphatic rings. The van der Waals surface area contributed by atoms with Crippen LogP contribution in [0, 0.1) is 0 Å². The molecule has 0 aliphatic heterocycles. The van der Waals surface area contributed by atoms with E-state index in [2.05, 4.69) is 4.37 Å². The molecule has 0 atom stereocenters. The molecule has 1 nitrogen and oxygen atoms in total. The van der Waals surface area contributed by atoms with Gasteiger partial charge >= 0.3 is 0 Å². The summed E-state index contributed by atoms with van der Waals surface area (Å²) in [6.45, 7) is 0. The molecule has 38 valence electrons. The summed E-state index contributed by atoms with van der Waals surface area (Å²) in [5.74, 6) is 0. The van der Waals surface area contributed by atoms with Crippen LogP contribution in [0.5, 0.6) is 0 Å². The third-order valence-electron chi connectivity index (χ3n) is 0.506. The molecule has 0 saturated carbocycles. The molecule has 0 bridgehead atoms. The van der Waals surface area contributed by atoms with Crippen molar-refractivity contribution < 1.29 is 0 Å². The molecule has 3 heteroatoms. The van der Waals surface area contributed by atoms with E-state index in [0.717, 1.165) is 0 Å². The van der Waals surface area contributed by atoms with Crippen LogP contribution in [0.25, 0.3) is 0 Å². The lowest BCUT2D eigenvalue weighted by molar-refractivity contribution is 1.56. The van der Waals surface area contributed by atoms with E-state index < -0.39 is 0 Å². The van der Waals surface area contributed by atoms with Crippen LogP contribution >= 0.6 is 20.9 Å². The molecular formula is C4H5NS2.